The Kier molecular flexibility index (Phi) is 3.31. The Balaban J connectivity index is 3.62. The topological polar surface area (TPSA) is 146 Å². The third-order valence-electron chi connectivity index (χ3n) is 2.17. The molecule has 0 heterocycles. The summed E-state index contributed by atoms with van der Waals surface area (Å²) in [4.78, 5) is 38.5. The first-order valence-electron chi connectivity index (χ1n) is 4.38. The molecule has 0 aliphatic rings. The van der Waals surface area contributed by atoms with E-state index in [2.05, 4.69) is 0 Å². The van der Waals surface area contributed by atoms with E-state index in [0.717, 1.165) is 12.1 Å². The van der Waals surface area contributed by atoms with Gasteiger partial charge >= 0.3 is 11.6 Å². The minimum Gasteiger partial charge on any atom is -0.257 e. The number of nitro groups is 3. The first-order valence-corrected chi connectivity index (χ1v) is 4.38. The number of hydrogen-bond donors (Lipinski definition) is 0. The minimum atomic E-state index is -3.62. The maximum absolute atomic E-state index is 11.3. The summed E-state index contributed by atoms with van der Waals surface area (Å²) in [5, 5.41) is 32.1. The molecule has 1 amide bonds. The summed E-state index contributed by atoms with van der Waals surface area (Å²) in [5.74, 6) is -2.32. The molecular formula is C8H5N3O7. The Morgan fingerprint density at radius 3 is 1.72 bits per heavy atom. The van der Waals surface area contributed by atoms with E-state index in [1.165, 1.54) is 18.2 Å². The van der Waals surface area contributed by atoms with Gasteiger partial charge < -0.3 is 0 Å². The van der Waals surface area contributed by atoms with Crippen molar-refractivity contribution in [2.75, 3.05) is 0 Å². The summed E-state index contributed by atoms with van der Waals surface area (Å²) >= 11 is 0. The van der Waals surface area contributed by atoms with E-state index in [9.17, 15) is 35.1 Å². The van der Waals surface area contributed by atoms with Gasteiger partial charge in [0.15, 0.2) is 0 Å². The fourth-order valence-corrected chi connectivity index (χ4v) is 1.35. The van der Waals surface area contributed by atoms with Gasteiger partial charge in [0.05, 0.1) is 0 Å². The molecule has 0 bridgehead atoms. The second-order valence-corrected chi connectivity index (χ2v) is 3.11. The van der Waals surface area contributed by atoms with Gasteiger partial charge in [-0.05, 0) is 12.1 Å². The summed E-state index contributed by atoms with van der Waals surface area (Å²) in [6.45, 7) is 0. The number of benzene rings is 1. The number of amides is 1. The largest absolute Gasteiger partial charge is 0.612 e. The lowest BCUT2D eigenvalue weighted by Gasteiger charge is -2.10. The first kappa shape index (κ1) is 13.2. The molecule has 0 aliphatic carbocycles. The lowest BCUT2D eigenvalue weighted by molar-refractivity contribution is -0.799. The van der Waals surface area contributed by atoms with Crippen LogP contribution in [-0.2, 0) is 10.5 Å². The van der Waals surface area contributed by atoms with Gasteiger partial charge in [0.2, 0.25) is 0 Å². The lowest BCUT2D eigenvalue weighted by atomic mass is 10.00. The van der Waals surface area contributed by atoms with Gasteiger partial charge in [0.25, 0.3) is 0 Å². The fraction of sp³-hybridized carbons (Fsp3) is 0.125. The number of rotatable bonds is 4. The Morgan fingerprint density at radius 2 is 1.39 bits per heavy atom. The van der Waals surface area contributed by atoms with E-state index in [-0.39, 0.29) is 0 Å². The van der Waals surface area contributed by atoms with Crippen molar-refractivity contribution in [1.29, 1.82) is 0 Å². The number of hydrogen-bond acceptors (Lipinski definition) is 7. The van der Waals surface area contributed by atoms with Crippen molar-refractivity contribution in [1.82, 2.24) is 0 Å². The second kappa shape index (κ2) is 4.53. The SMILES string of the molecule is O=C([N+](=O)[O-])C(c1ccccc1)([N+](=O)[O-])[N+](=O)[O-]. The van der Waals surface area contributed by atoms with E-state index in [1.54, 1.807) is 0 Å². The van der Waals surface area contributed by atoms with Gasteiger partial charge in [-0.2, -0.15) is 4.79 Å². The Morgan fingerprint density at radius 1 is 0.944 bits per heavy atom. The van der Waals surface area contributed by atoms with Crippen molar-refractivity contribution >= 4 is 5.91 Å². The molecule has 10 heteroatoms. The molecule has 0 N–H and O–H groups in total. The molecule has 1 aromatic rings. The van der Waals surface area contributed by atoms with Crippen LogP contribution in [0.3, 0.4) is 0 Å². The minimum absolute atomic E-state index is 0.679. The second-order valence-electron chi connectivity index (χ2n) is 3.11. The zero-order valence-electron chi connectivity index (χ0n) is 8.59. The first-order chi connectivity index (χ1) is 8.35. The van der Waals surface area contributed by atoms with Crippen LogP contribution in [0.2, 0.25) is 0 Å². The van der Waals surface area contributed by atoms with Crippen molar-refractivity contribution in [3.8, 4) is 0 Å². The van der Waals surface area contributed by atoms with Crippen LogP contribution in [0.5, 0.6) is 0 Å². The molecule has 1 aromatic carbocycles. The average molecular weight is 255 g/mol. The smallest absolute Gasteiger partial charge is 0.257 e. The monoisotopic (exact) mass is 255 g/mol. The van der Waals surface area contributed by atoms with E-state index in [0.29, 0.717) is 0 Å². The number of carbonyl (C=O) groups excluding carboxylic acids is 1. The van der Waals surface area contributed by atoms with Gasteiger partial charge in [-0.15, -0.1) is 0 Å². The highest BCUT2D eigenvalue weighted by Crippen LogP contribution is 2.27. The van der Waals surface area contributed by atoms with Gasteiger partial charge in [-0.1, -0.05) is 18.2 Å². The molecule has 18 heavy (non-hydrogen) atoms. The lowest BCUT2D eigenvalue weighted by Crippen LogP contribution is -2.53. The molecule has 94 valence electrons. The zero-order chi connectivity index (χ0) is 13.9. The van der Waals surface area contributed by atoms with E-state index < -0.39 is 31.9 Å². The van der Waals surface area contributed by atoms with Crippen molar-refractivity contribution < 1.29 is 19.6 Å². The summed E-state index contributed by atoms with van der Waals surface area (Å²) in [7, 11) is 0. The molecule has 0 saturated heterocycles. The molecule has 0 radical (unpaired) electrons. The third-order valence-corrected chi connectivity index (χ3v) is 2.17. The van der Waals surface area contributed by atoms with Crippen LogP contribution in [0.1, 0.15) is 5.56 Å². The molecule has 1 rings (SSSR count). The quantitative estimate of drug-likeness (QED) is 0.423. The van der Waals surface area contributed by atoms with Gasteiger partial charge in [0, 0.05) is 0 Å². The molecule has 0 aromatic heterocycles. The highest BCUT2D eigenvalue weighted by molar-refractivity contribution is 5.77. The standard InChI is InChI=1S/C8H5N3O7/c12-7(9(13)14)8(10(15)16,11(17)18)6-4-2-1-3-5-6/h1-5H. The summed E-state index contributed by atoms with van der Waals surface area (Å²) < 4.78 is 0. The van der Waals surface area contributed by atoms with Crippen LogP contribution in [-0.4, -0.2) is 20.7 Å². The molecule has 0 unspecified atom stereocenters. The summed E-state index contributed by atoms with van der Waals surface area (Å²) in [6.07, 6.45) is 0. The molecule has 10 nitrogen and oxygen atoms in total. The van der Waals surface area contributed by atoms with Gasteiger partial charge in [-0.3, -0.25) is 30.3 Å². The number of carbonyl (C=O) groups is 1. The van der Waals surface area contributed by atoms with Crippen LogP contribution in [0, 0.1) is 30.3 Å². The Labute approximate surface area is 98.3 Å². The Hall–Kier alpha value is -2.91. The average Bonchev–Trinajstić information content (AvgIpc) is 2.30. The summed E-state index contributed by atoms with van der Waals surface area (Å²) in [5.41, 5.74) is -4.30. The molecule has 0 atom stereocenters. The van der Waals surface area contributed by atoms with Gasteiger partial charge in [0.1, 0.15) is 20.3 Å². The predicted octanol–water partition coefficient (Wildman–Crippen LogP) is 0.196. The van der Waals surface area contributed by atoms with Gasteiger partial charge in [-0.25, -0.2) is 0 Å². The zero-order valence-corrected chi connectivity index (χ0v) is 8.59. The van der Waals surface area contributed by atoms with Crippen LogP contribution >= 0.6 is 0 Å². The molecule has 0 saturated carbocycles. The highest BCUT2D eigenvalue weighted by atomic mass is 16.7. The third kappa shape index (κ3) is 1.75. The van der Waals surface area contributed by atoms with Crippen LogP contribution in [0.15, 0.2) is 30.3 Å². The van der Waals surface area contributed by atoms with E-state index in [4.69, 9.17) is 0 Å². The molecule has 0 fully saturated rings. The highest BCUT2D eigenvalue weighted by Gasteiger charge is 2.73. The van der Waals surface area contributed by atoms with Crippen molar-refractivity contribution in [2.45, 2.75) is 5.66 Å². The van der Waals surface area contributed by atoms with Crippen LogP contribution < -0.4 is 0 Å². The maximum atomic E-state index is 11.3. The van der Waals surface area contributed by atoms with Crippen LogP contribution in [0.25, 0.3) is 0 Å². The maximum Gasteiger partial charge on any atom is 0.612 e. The van der Waals surface area contributed by atoms with E-state index in [1.807, 2.05) is 0 Å². The molecule has 0 spiro atoms. The van der Waals surface area contributed by atoms with Crippen molar-refractivity contribution in [3.05, 3.63) is 66.2 Å². The summed E-state index contributed by atoms with van der Waals surface area (Å²) in [6, 6.07) is 5.61. The predicted molar refractivity (Wildman–Crippen MR) is 54.1 cm³/mol. The molecule has 0 aliphatic heterocycles. The van der Waals surface area contributed by atoms with Crippen molar-refractivity contribution in [2.24, 2.45) is 0 Å². The van der Waals surface area contributed by atoms with E-state index >= 15 is 0 Å². The Bertz CT molecular complexity index is 513. The number of nitrogens with zero attached hydrogens (tertiary/aromatic N) is 3. The fourth-order valence-electron chi connectivity index (χ4n) is 1.35. The normalized spacial score (nSPS) is 10.7. The van der Waals surface area contributed by atoms with Crippen LogP contribution in [0.4, 0.5) is 0 Å². The van der Waals surface area contributed by atoms with Crippen molar-refractivity contribution in [3.63, 3.8) is 0 Å². The molecular weight excluding hydrogens is 250 g/mol.